The summed E-state index contributed by atoms with van der Waals surface area (Å²) in [5.74, 6) is 0.947. The fourth-order valence-electron chi connectivity index (χ4n) is 2.05. The monoisotopic (exact) mass is 250 g/mol. The lowest BCUT2D eigenvalue weighted by atomic mass is 10.1. The van der Waals surface area contributed by atoms with Crippen LogP contribution in [0.3, 0.4) is 0 Å². The van der Waals surface area contributed by atoms with Gasteiger partial charge in [0.1, 0.15) is 12.4 Å². The Morgan fingerprint density at radius 3 is 2.89 bits per heavy atom. The van der Waals surface area contributed by atoms with Gasteiger partial charge in [0.2, 0.25) is 0 Å². The molecule has 0 spiro atoms. The Hall–Kier alpha value is -1.06. The van der Waals surface area contributed by atoms with Crippen molar-refractivity contribution < 1.29 is 14.2 Å². The van der Waals surface area contributed by atoms with Gasteiger partial charge in [0.15, 0.2) is 6.29 Å². The van der Waals surface area contributed by atoms with Crippen LogP contribution < -0.4 is 4.74 Å². The molecule has 1 atom stereocenters. The van der Waals surface area contributed by atoms with E-state index in [0.717, 1.165) is 25.2 Å². The lowest BCUT2D eigenvalue weighted by Crippen LogP contribution is -2.24. The van der Waals surface area contributed by atoms with Gasteiger partial charge >= 0.3 is 0 Å². The first kappa shape index (κ1) is 13.4. The fraction of sp³-hybridized carbons (Fsp3) is 0.600. The minimum atomic E-state index is -0.0269. The third kappa shape index (κ3) is 3.72. The van der Waals surface area contributed by atoms with Crippen molar-refractivity contribution in [2.24, 2.45) is 0 Å². The zero-order valence-electron chi connectivity index (χ0n) is 11.3. The number of hydrogen-bond acceptors (Lipinski definition) is 3. The maximum Gasteiger partial charge on any atom is 0.157 e. The Kier molecular flexibility index (Phi) is 5.02. The van der Waals surface area contributed by atoms with Crippen LogP contribution in [0.25, 0.3) is 0 Å². The van der Waals surface area contributed by atoms with E-state index in [2.05, 4.69) is 19.9 Å². The van der Waals surface area contributed by atoms with Crippen molar-refractivity contribution in [3.63, 3.8) is 0 Å². The van der Waals surface area contributed by atoms with Crippen LogP contribution in [0.4, 0.5) is 0 Å². The lowest BCUT2D eigenvalue weighted by Gasteiger charge is -2.22. The average molecular weight is 250 g/mol. The molecule has 100 valence electrons. The lowest BCUT2D eigenvalue weighted by molar-refractivity contribution is -0.165. The molecule has 0 radical (unpaired) electrons. The van der Waals surface area contributed by atoms with E-state index in [1.54, 1.807) is 0 Å². The quantitative estimate of drug-likeness (QED) is 0.751. The minimum Gasteiger partial charge on any atom is -0.491 e. The van der Waals surface area contributed by atoms with Crippen LogP contribution in [0.15, 0.2) is 18.2 Å². The maximum atomic E-state index is 5.73. The third-order valence-electron chi connectivity index (χ3n) is 3.34. The van der Waals surface area contributed by atoms with Crippen molar-refractivity contribution in [3.8, 4) is 5.75 Å². The van der Waals surface area contributed by atoms with Crippen LogP contribution in [0.5, 0.6) is 5.75 Å². The SMILES string of the molecule is Cc1cccc(OCCOC2CCCCO2)c1C. The van der Waals surface area contributed by atoms with Gasteiger partial charge in [0, 0.05) is 6.61 Å². The standard InChI is InChI=1S/C15H22O3/c1-12-6-5-7-14(13(12)2)16-10-11-18-15-8-3-4-9-17-15/h5-7,15H,3-4,8-11H2,1-2H3. The first-order chi connectivity index (χ1) is 8.77. The van der Waals surface area contributed by atoms with E-state index >= 15 is 0 Å². The van der Waals surface area contributed by atoms with Gasteiger partial charge in [-0.3, -0.25) is 0 Å². The predicted octanol–water partition coefficient (Wildman–Crippen LogP) is 3.23. The van der Waals surface area contributed by atoms with E-state index in [0.29, 0.717) is 13.2 Å². The fourth-order valence-corrected chi connectivity index (χ4v) is 2.05. The minimum absolute atomic E-state index is 0.0269. The van der Waals surface area contributed by atoms with Crippen molar-refractivity contribution in [1.29, 1.82) is 0 Å². The molecule has 3 heteroatoms. The highest BCUT2D eigenvalue weighted by Crippen LogP contribution is 2.20. The Bertz CT molecular complexity index is 370. The van der Waals surface area contributed by atoms with Crippen molar-refractivity contribution in [2.75, 3.05) is 19.8 Å². The van der Waals surface area contributed by atoms with Gasteiger partial charge in [0.05, 0.1) is 6.61 Å². The highest BCUT2D eigenvalue weighted by molar-refractivity contribution is 5.38. The van der Waals surface area contributed by atoms with Gasteiger partial charge in [-0.1, -0.05) is 12.1 Å². The molecule has 3 nitrogen and oxygen atoms in total. The number of rotatable bonds is 5. The molecule has 1 aliphatic rings. The van der Waals surface area contributed by atoms with Crippen molar-refractivity contribution in [3.05, 3.63) is 29.3 Å². The molecule has 0 aliphatic carbocycles. The largest absolute Gasteiger partial charge is 0.491 e. The molecule has 0 amide bonds. The Balaban J connectivity index is 1.70. The molecule has 0 bridgehead atoms. The Morgan fingerprint density at radius 2 is 2.11 bits per heavy atom. The molecule has 1 unspecified atom stereocenters. The van der Waals surface area contributed by atoms with Crippen LogP contribution in [0.2, 0.25) is 0 Å². The molecule has 1 saturated heterocycles. The summed E-state index contributed by atoms with van der Waals surface area (Å²) in [5, 5.41) is 0. The second kappa shape index (κ2) is 6.76. The highest BCUT2D eigenvalue weighted by atomic mass is 16.7. The first-order valence-electron chi connectivity index (χ1n) is 6.69. The molecular formula is C15H22O3. The molecule has 0 aromatic heterocycles. The van der Waals surface area contributed by atoms with E-state index in [-0.39, 0.29) is 6.29 Å². The van der Waals surface area contributed by atoms with Crippen LogP contribution in [0, 0.1) is 13.8 Å². The zero-order chi connectivity index (χ0) is 12.8. The number of aryl methyl sites for hydroxylation is 1. The van der Waals surface area contributed by atoms with Crippen molar-refractivity contribution in [1.82, 2.24) is 0 Å². The molecule has 1 aliphatic heterocycles. The zero-order valence-corrected chi connectivity index (χ0v) is 11.3. The van der Waals surface area contributed by atoms with Gasteiger partial charge in [0.25, 0.3) is 0 Å². The van der Waals surface area contributed by atoms with Gasteiger partial charge in [-0.05, 0) is 50.3 Å². The number of hydrogen-bond donors (Lipinski definition) is 0. The van der Waals surface area contributed by atoms with Gasteiger partial charge in [-0.25, -0.2) is 0 Å². The van der Waals surface area contributed by atoms with Crippen LogP contribution in [-0.2, 0) is 9.47 Å². The van der Waals surface area contributed by atoms with E-state index in [9.17, 15) is 0 Å². The summed E-state index contributed by atoms with van der Waals surface area (Å²) < 4.78 is 16.9. The summed E-state index contributed by atoms with van der Waals surface area (Å²) in [6.07, 6.45) is 3.33. The van der Waals surface area contributed by atoms with Crippen LogP contribution in [-0.4, -0.2) is 26.1 Å². The van der Waals surface area contributed by atoms with E-state index in [4.69, 9.17) is 14.2 Å². The number of benzene rings is 1. The predicted molar refractivity (Wildman–Crippen MR) is 71.0 cm³/mol. The van der Waals surface area contributed by atoms with Gasteiger partial charge in [-0.15, -0.1) is 0 Å². The number of ether oxygens (including phenoxy) is 3. The molecule has 0 N–H and O–H groups in total. The Morgan fingerprint density at radius 1 is 1.22 bits per heavy atom. The van der Waals surface area contributed by atoms with E-state index in [1.165, 1.54) is 17.5 Å². The third-order valence-corrected chi connectivity index (χ3v) is 3.34. The molecule has 0 saturated carbocycles. The second-order valence-electron chi connectivity index (χ2n) is 4.71. The van der Waals surface area contributed by atoms with Gasteiger partial charge < -0.3 is 14.2 Å². The van der Waals surface area contributed by atoms with Crippen LogP contribution in [0.1, 0.15) is 30.4 Å². The molecule has 1 fully saturated rings. The maximum absolute atomic E-state index is 5.73. The first-order valence-corrected chi connectivity index (χ1v) is 6.69. The molecule has 2 rings (SSSR count). The summed E-state index contributed by atoms with van der Waals surface area (Å²) in [6, 6.07) is 6.11. The van der Waals surface area contributed by atoms with Crippen molar-refractivity contribution >= 4 is 0 Å². The summed E-state index contributed by atoms with van der Waals surface area (Å²) in [5.41, 5.74) is 2.45. The smallest absolute Gasteiger partial charge is 0.157 e. The molecule has 1 heterocycles. The summed E-state index contributed by atoms with van der Waals surface area (Å²) in [7, 11) is 0. The topological polar surface area (TPSA) is 27.7 Å². The molecular weight excluding hydrogens is 228 g/mol. The molecule has 1 aromatic rings. The second-order valence-corrected chi connectivity index (χ2v) is 4.71. The summed E-state index contributed by atoms with van der Waals surface area (Å²) >= 11 is 0. The summed E-state index contributed by atoms with van der Waals surface area (Å²) in [6.45, 7) is 6.15. The van der Waals surface area contributed by atoms with E-state index < -0.39 is 0 Å². The highest BCUT2D eigenvalue weighted by Gasteiger charge is 2.13. The molecule has 1 aromatic carbocycles. The van der Waals surface area contributed by atoms with Crippen LogP contribution >= 0.6 is 0 Å². The average Bonchev–Trinajstić information content (AvgIpc) is 2.40. The normalized spacial score (nSPS) is 19.8. The molecule has 18 heavy (non-hydrogen) atoms. The van der Waals surface area contributed by atoms with E-state index in [1.807, 2.05) is 12.1 Å². The van der Waals surface area contributed by atoms with Gasteiger partial charge in [-0.2, -0.15) is 0 Å². The van der Waals surface area contributed by atoms with Crippen molar-refractivity contribution in [2.45, 2.75) is 39.4 Å². The Labute approximate surface area is 109 Å². The summed E-state index contributed by atoms with van der Waals surface area (Å²) in [4.78, 5) is 0.